The Bertz CT molecular complexity index is 824. The minimum absolute atomic E-state index is 0.0198. The molecule has 1 heterocycles. The predicted molar refractivity (Wildman–Crippen MR) is 106 cm³/mol. The lowest BCUT2D eigenvalue weighted by molar-refractivity contribution is -0.139. The van der Waals surface area contributed by atoms with Crippen molar-refractivity contribution in [3.63, 3.8) is 0 Å². The van der Waals surface area contributed by atoms with E-state index in [0.717, 1.165) is 32.4 Å². The zero-order chi connectivity index (χ0) is 19.2. The van der Waals surface area contributed by atoms with E-state index in [1.54, 1.807) is 25.1 Å². The molecule has 0 N–H and O–H groups in total. The highest BCUT2D eigenvalue weighted by Crippen LogP contribution is 2.27. The maximum Gasteiger partial charge on any atom is 0.263 e. The van der Waals surface area contributed by atoms with Gasteiger partial charge in [-0.3, -0.25) is 4.79 Å². The summed E-state index contributed by atoms with van der Waals surface area (Å²) < 4.78 is 5.75. The lowest BCUT2D eigenvalue weighted by Gasteiger charge is -2.33. The van der Waals surface area contributed by atoms with Crippen molar-refractivity contribution in [1.29, 1.82) is 5.26 Å². The second-order valence-corrected chi connectivity index (χ2v) is 7.38. The van der Waals surface area contributed by atoms with Crippen molar-refractivity contribution in [2.24, 2.45) is 5.92 Å². The van der Waals surface area contributed by atoms with Crippen molar-refractivity contribution in [2.75, 3.05) is 13.1 Å². The lowest BCUT2D eigenvalue weighted by atomic mass is 9.90. The van der Waals surface area contributed by atoms with Crippen LogP contribution in [-0.2, 0) is 11.2 Å². The molecular formula is C22H23ClN2O2. The molecule has 1 fully saturated rings. The molecule has 0 aliphatic carbocycles. The second kappa shape index (κ2) is 8.92. The molecule has 0 bridgehead atoms. The van der Waals surface area contributed by atoms with Gasteiger partial charge >= 0.3 is 0 Å². The molecule has 5 heteroatoms. The molecule has 0 aromatic heterocycles. The largest absolute Gasteiger partial charge is 0.479 e. The molecule has 0 saturated carbocycles. The minimum atomic E-state index is -0.610. The number of benzene rings is 2. The summed E-state index contributed by atoms with van der Waals surface area (Å²) in [7, 11) is 0. The van der Waals surface area contributed by atoms with Crippen molar-refractivity contribution in [3.8, 4) is 11.8 Å². The highest BCUT2D eigenvalue weighted by molar-refractivity contribution is 6.32. The van der Waals surface area contributed by atoms with Crippen LogP contribution in [0, 0.1) is 17.2 Å². The third kappa shape index (κ3) is 5.02. The molecule has 27 heavy (non-hydrogen) atoms. The van der Waals surface area contributed by atoms with E-state index in [1.165, 1.54) is 5.56 Å². The predicted octanol–water partition coefficient (Wildman–Crippen LogP) is 4.46. The van der Waals surface area contributed by atoms with Gasteiger partial charge in [0.1, 0.15) is 5.75 Å². The number of carbonyl (C=O) groups excluding carboxylic acids is 1. The Kier molecular flexibility index (Phi) is 6.36. The van der Waals surface area contributed by atoms with Crippen LogP contribution < -0.4 is 4.74 Å². The second-order valence-electron chi connectivity index (χ2n) is 6.98. The monoisotopic (exact) mass is 382 g/mol. The summed E-state index contributed by atoms with van der Waals surface area (Å²) in [6.07, 6.45) is 2.47. The highest BCUT2D eigenvalue weighted by Gasteiger charge is 2.27. The van der Waals surface area contributed by atoms with Crippen LogP contribution in [0.25, 0.3) is 0 Å². The molecule has 3 rings (SSSR count). The van der Waals surface area contributed by atoms with E-state index in [1.807, 2.05) is 17.0 Å². The first-order valence-electron chi connectivity index (χ1n) is 9.26. The van der Waals surface area contributed by atoms with Crippen molar-refractivity contribution >= 4 is 17.5 Å². The number of rotatable bonds is 5. The van der Waals surface area contributed by atoms with Crippen molar-refractivity contribution in [3.05, 3.63) is 64.7 Å². The fourth-order valence-electron chi connectivity index (χ4n) is 3.47. The van der Waals surface area contributed by atoms with Crippen LogP contribution in [0.4, 0.5) is 0 Å². The summed E-state index contributed by atoms with van der Waals surface area (Å²) in [6, 6.07) is 17.3. The third-order valence-electron chi connectivity index (χ3n) is 5.01. The molecule has 0 radical (unpaired) electrons. The molecule has 2 aromatic carbocycles. The normalized spacial score (nSPS) is 15.8. The molecule has 1 aliphatic heterocycles. The first-order chi connectivity index (χ1) is 13.1. The molecule has 1 amide bonds. The Morgan fingerprint density at radius 1 is 1.26 bits per heavy atom. The minimum Gasteiger partial charge on any atom is -0.479 e. The number of nitriles is 1. The van der Waals surface area contributed by atoms with E-state index < -0.39 is 6.10 Å². The SMILES string of the molecule is C[C@H](Oc1ccc(C#N)cc1Cl)C(=O)N1CCC(Cc2ccccc2)CC1. The summed E-state index contributed by atoms with van der Waals surface area (Å²) in [5.74, 6) is 1.02. The van der Waals surface area contributed by atoms with Crippen LogP contribution in [0.5, 0.6) is 5.75 Å². The number of carbonyl (C=O) groups is 1. The molecule has 0 unspecified atom stereocenters. The lowest BCUT2D eigenvalue weighted by Crippen LogP contribution is -2.45. The number of ether oxygens (including phenoxy) is 1. The van der Waals surface area contributed by atoms with E-state index in [4.69, 9.17) is 21.6 Å². The van der Waals surface area contributed by atoms with Crippen LogP contribution in [-0.4, -0.2) is 30.0 Å². The van der Waals surface area contributed by atoms with Gasteiger partial charge in [0.15, 0.2) is 6.10 Å². The van der Waals surface area contributed by atoms with Crippen molar-refractivity contribution < 1.29 is 9.53 Å². The number of hydrogen-bond donors (Lipinski definition) is 0. The quantitative estimate of drug-likeness (QED) is 0.767. The van der Waals surface area contributed by atoms with E-state index in [2.05, 4.69) is 24.3 Å². The fourth-order valence-corrected chi connectivity index (χ4v) is 3.69. The number of likely N-dealkylation sites (tertiary alicyclic amines) is 1. The number of hydrogen-bond acceptors (Lipinski definition) is 3. The van der Waals surface area contributed by atoms with Crippen molar-refractivity contribution in [1.82, 2.24) is 4.90 Å². The summed E-state index contributed by atoms with van der Waals surface area (Å²) >= 11 is 6.14. The number of piperidine rings is 1. The van der Waals surface area contributed by atoms with Crippen LogP contribution in [0.2, 0.25) is 5.02 Å². The Morgan fingerprint density at radius 3 is 2.59 bits per heavy atom. The standard InChI is InChI=1S/C22H23ClN2O2/c1-16(27-21-8-7-19(15-24)14-20(21)23)22(26)25-11-9-18(10-12-25)13-17-5-3-2-4-6-17/h2-8,14,16,18H,9-13H2,1H3/t16-/m0/s1. The van der Waals surface area contributed by atoms with Crippen LogP contribution >= 0.6 is 11.6 Å². The van der Waals surface area contributed by atoms with E-state index >= 15 is 0 Å². The van der Waals surface area contributed by atoms with Gasteiger partial charge in [-0.05, 0) is 55.9 Å². The molecule has 140 valence electrons. The molecule has 1 aliphatic rings. The smallest absolute Gasteiger partial charge is 0.263 e. The van der Waals surface area contributed by atoms with Gasteiger partial charge in [0, 0.05) is 13.1 Å². The topological polar surface area (TPSA) is 53.3 Å². The number of nitrogens with zero attached hydrogens (tertiary/aromatic N) is 2. The van der Waals surface area contributed by atoms with E-state index in [0.29, 0.717) is 22.3 Å². The zero-order valence-electron chi connectivity index (χ0n) is 15.4. The summed E-state index contributed by atoms with van der Waals surface area (Å²) in [5, 5.41) is 9.24. The van der Waals surface area contributed by atoms with Gasteiger partial charge < -0.3 is 9.64 Å². The maximum atomic E-state index is 12.7. The molecule has 2 aromatic rings. The van der Waals surface area contributed by atoms with Gasteiger partial charge in [-0.25, -0.2) is 0 Å². The Morgan fingerprint density at radius 2 is 1.96 bits per heavy atom. The van der Waals surface area contributed by atoms with Crippen LogP contribution in [0.1, 0.15) is 30.9 Å². The van der Waals surface area contributed by atoms with Crippen molar-refractivity contribution in [2.45, 2.75) is 32.3 Å². The molecule has 4 nitrogen and oxygen atoms in total. The van der Waals surface area contributed by atoms with Crippen LogP contribution in [0.15, 0.2) is 48.5 Å². The molecule has 0 spiro atoms. The Hall–Kier alpha value is -2.51. The number of amides is 1. The first kappa shape index (κ1) is 19.3. The number of halogens is 1. The van der Waals surface area contributed by atoms with Gasteiger partial charge in [0.05, 0.1) is 16.7 Å². The Balaban J connectivity index is 1.52. The zero-order valence-corrected chi connectivity index (χ0v) is 16.2. The van der Waals surface area contributed by atoms with Gasteiger partial charge in [0.2, 0.25) is 0 Å². The average Bonchev–Trinajstić information content (AvgIpc) is 2.70. The average molecular weight is 383 g/mol. The summed E-state index contributed by atoms with van der Waals surface area (Å²) in [6.45, 7) is 3.25. The Labute approximate surface area is 165 Å². The fraction of sp³-hybridized carbons (Fsp3) is 0.364. The maximum absolute atomic E-state index is 12.7. The van der Waals surface area contributed by atoms with Gasteiger partial charge in [-0.2, -0.15) is 5.26 Å². The van der Waals surface area contributed by atoms with Gasteiger partial charge in [-0.1, -0.05) is 41.9 Å². The highest BCUT2D eigenvalue weighted by atomic mass is 35.5. The van der Waals surface area contributed by atoms with E-state index in [-0.39, 0.29) is 5.91 Å². The molecular weight excluding hydrogens is 360 g/mol. The summed E-state index contributed by atoms with van der Waals surface area (Å²) in [5.41, 5.74) is 1.82. The molecule has 1 atom stereocenters. The molecule has 1 saturated heterocycles. The summed E-state index contributed by atoms with van der Waals surface area (Å²) in [4.78, 5) is 14.6. The first-order valence-corrected chi connectivity index (χ1v) is 9.63. The third-order valence-corrected chi connectivity index (χ3v) is 5.30. The van der Waals surface area contributed by atoms with Crippen LogP contribution in [0.3, 0.4) is 0 Å². The van der Waals surface area contributed by atoms with Gasteiger partial charge in [0.25, 0.3) is 5.91 Å². The van der Waals surface area contributed by atoms with Gasteiger partial charge in [-0.15, -0.1) is 0 Å². The van der Waals surface area contributed by atoms with E-state index in [9.17, 15) is 4.79 Å².